The number of hydrogen-bond donors (Lipinski definition) is 0. The fourth-order valence-corrected chi connectivity index (χ4v) is 3.26. The molecule has 0 fully saturated rings. The van der Waals surface area contributed by atoms with Crippen molar-refractivity contribution in [3.63, 3.8) is 0 Å². The summed E-state index contributed by atoms with van der Waals surface area (Å²) < 4.78 is 11.5. The van der Waals surface area contributed by atoms with E-state index in [2.05, 4.69) is 20.9 Å². The van der Waals surface area contributed by atoms with Crippen molar-refractivity contribution in [2.45, 2.75) is 6.92 Å². The number of hydrogen-bond acceptors (Lipinski definition) is 5. The lowest BCUT2D eigenvalue weighted by molar-refractivity contribution is -0.129. The fourth-order valence-electron chi connectivity index (χ4n) is 2.80. The zero-order chi connectivity index (χ0) is 21.1. The Kier molecular flexibility index (Phi) is 5.59. The van der Waals surface area contributed by atoms with E-state index in [4.69, 9.17) is 9.47 Å². The number of aryl methyl sites for hydroxylation is 1. The zero-order valence-corrected chi connectivity index (χ0v) is 17.5. The first-order valence-corrected chi connectivity index (χ1v) is 9.95. The standard InChI is InChI=1S/C24H16BrNO4/c1-15-6-10-17(11-7-15)23(27)29-18-12-8-16(9-13-18)14-21-24(28)30-22(26-21)19-4-2-3-5-20(19)25/h2-14H,1H3/b21-14-. The number of halogens is 1. The van der Waals surface area contributed by atoms with Crippen LogP contribution in [0.25, 0.3) is 6.08 Å². The third-order valence-corrected chi connectivity index (χ3v) is 5.10. The summed E-state index contributed by atoms with van der Waals surface area (Å²) in [6, 6.07) is 21.3. The van der Waals surface area contributed by atoms with Crippen LogP contribution in [0.15, 0.2) is 88.0 Å². The van der Waals surface area contributed by atoms with Gasteiger partial charge in [0, 0.05) is 4.47 Å². The second-order valence-electron chi connectivity index (χ2n) is 6.64. The molecule has 0 bridgehead atoms. The summed E-state index contributed by atoms with van der Waals surface area (Å²) in [4.78, 5) is 28.7. The lowest BCUT2D eigenvalue weighted by Gasteiger charge is -2.05. The molecular formula is C24H16BrNO4. The van der Waals surface area contributed by atoms with Gasteiger partial charge in [-0.3, -0.25) is 0 Å². The van der Waals surface area contributed by atoms with Crippen LogP contribution in [0, 0.1) is 6.92 Å². The fraction of sp³-hybridized carbons (Fsp3) is 0.0417. The maximum atomic E-state index is 12.2. The zero-order valence-electron chi connectivity index (χ0n) is 16.0. The normalized spacial score (nSPS) is 14.4. The molecule has 0 aliphatic carbocycles. The van der Waals surface area contributed by atoms with Crippen molar-refractivity contribution in [1.82, 2.24) is 0 Å². The van der Waals surface area contributed by atoms with Crippen LogP contribution in [-0.4, -0.2) is 17.8 Å². The quantitative estimate of drug-likeness (QED) is 0.299. The molecule has 0 N–H and O–H groups in total. The molecule has 6 heteroatoms. The van der Waals surface area contributed by atoms with E-state index >= 15 is 0 Å². The van der Waals surface area contributed by atoms with Crippen LogP contribution in [-0.2, 0) is 9.53 Å². The monoisotopic (exact) mass is 461 g/mol. The smallest absolute Gasteiger partial charge is 0.363 e. The molecule has 0 saturated carbocycles. The maximum absolute atomic E-state index is 12.2. The molecule has 0 spiro atoms. The molecule has 5 nitrogen and oxygen atoms in total. The Morgan fingerprint density at radius 3 is 2.40 bits per heavy atom. The number of carbonyl (C=O) groups is 2. The Bertz CT molecular complexity index is 1180. The predicted octanol–water partition coefficient (Wildman–Crippen LogP) is 5.32. The van der Waals surface area contributed by atoms with Crippen molar-refractivity contribution in [3.8, 4) is 5.75 Å². The average molecular weight is 462 g/mol. The van der Waals surface area contributed by atoms with Gasteiger partial charge in [0.15, 0.2) is 5.70 Å². The van der Waals surface area contributed by atoms with Gasteiger partial charge < -0.3 is 9.47 Å². The van der Waals surface area contributed by atoms with Gasteiger partial charge in [-0.1, -0.05) is 42.0 Å². The summed E-state index contributed by atoms with van der Waals surface area (Å²) >= 11 is 3.43. The van der Waals surface area contributed by atoms with Gasteiger partial charge >= 0.3 is 11.9 Å². The molecule has 1 aliphatic heterocycles. The van der Waals surface area contributed by atoms with Crippen molar-refractivity contribution >= 4 is 39.8 Å². The minimum atomic E-state index is -0.518. The highest BCUT2D eigenvalue weighted by molar-refractivity contribution is 9.10. The van der Waals surface area contributed by atoms with Crippen LogP contribution in [0.4, 0.5) is 0 Å². The van der Waals surface area contributed by atoms with E-state index in [9.17, 15) is 9.59 Å². The van der Waals surface area contributed by atoms with Crippen LogP contribution < -0.4 is 4.74 Å². The molecule has 0 aromatic heterocycles. The summed E-state index contributed by atoms with van der Waals surface area (Å²) in [6.45, 7) is 1.95. The Hall–Kier alpha value is -3.51. The second-order valence-corrected chi connectivity index (χ2v) is 7.49. The van der Waals surface area contributed by atoms with Crippen LogP contribution in [0.5, 0.6) is 5.75 Å². The third-order valence-electron chi connectivity index (χ3n) is 4.41. The number of carbonyl (C=O) groups excluding carboxylic acids is 2. The number of rotatable bonds is 4. The maximum Gasteiger partial charge on any atom is 0.363 e. The van der Waals surface area contributed by atoms with Gasteiger partial charge in [0.05, 0.1) is 11.1 Å². The summed E-state index contributed by atoms with van der Waals surface area (Å²) in [7, 11) is 0. The lowest BCUT2D eigenvalue weighted by atomic mass is 10.1. The van der Waals surface area contributed by atoms with E-state index in [-0.39, 0.29) is 11.6 Å². The molecule has 148 valence electrons. The van der Waals surface area contributed by atoms with E-state index in [0.717, 1.165) is 15.6 Å². The highest BCUT2D eigenvalue weighted by Crippen LogP contribution is 2.24. The average Bonchev–Trinajstić information content (AvgIpc) is 3.10. The number of benzene rings is 3. The molecule has 4 rings (SSSR count). The first kappa shape index (κ1) is 19.8. The number of aliphatic imine (C=N–C) groups is 1. The topological polar surface area (TPSA) is 65.0 Å². The van der Waals surface area contributed by atoms with Gasteiger partial charge in [0.2, 0.25) is 5.90 Å². The van der Waals surface area contributed by atoms with Crippen LogP contribution in [0.2, 0.25) is 0 Å². The van der Waals surface area contributed by atoms with Crippen LogP contribution >= 0.6 is 15.9 Å². The van der Waals surface area contributed by atoms with Crippen LogP contribution in [0.3, 0.4) is 0 Å². The Balaban J connectivity index is 1.49. The van der Waals surface area contributed by atoms with Gasteiger partial charge in [0.25, 0.3) is 0 Å². The van der Waals surface area contributed by atoms with Crippen molar-refractivity contribution in [2.24, 2.45) is 4.99 Å². The Morgan fingerprint density at radius 2 is 1.70 bits per heavy atom. The van der Waals surface area contributed by atoms with E-state index in [1.54, 1.807) is 42.5 Å². The van der Waals surface area contributed by atoms with Gasteiger partial charge in [-0.05, 0) is 70.9 Å². The number of nitrogens with zero attached hydrogens (tertiary/aromatic N) is 1. The van der Waals surface area contributed by atoms with Crippen molar-refractivity contribution in [3.05, 3.63) is 105 Å². The summed E-state index contributed by atoms with van der Waals surface area (Å²) in [6.07, 6.45) is 1.62. The van der Waals surface area contributed by atoms with Crippen molar-refractivity contribution in [1.29, 1.82) is 0 Å². The molecule has 1 heterocycles. The highest BCUT2D eigenvalue weighted by atomic mass is 79.9. The van der Waals surface area contributed by atoms with Crippen LogP contribution in [0.1, 0.15) is 27.0 Å². The van der Waals surface area contributed by atoms with E-state index < -0.39 is 11.9 Å². The molecule has 30 heavy (non-hydrogen) atoms. The first-order chi connectivity index (χ1) is 14.5. The summed E-state index contributed by atoms with van der Waals surface area (Å²) in [5.41, 5.74) is 3.18. The minimum Gasteiger partial charge on any atom is -0.423 e. The summed E-state index contributed by atoms with van der Waals surface area (Å²) in [5, 5.41) is 0. The molecular weight excluding hydrogens is 446 g/mol. The minimum absolute atomic E-state index is 0.199. The molecule has 0 saturated heterocycles. The molecule has 3 aromatic rings. The van der Waals surface area contributed by atoms with Crippen molar-refractivity contribution in [2.75, 3.05) is 0 Å². The predicted molar refractivity (Wildman–Crippen MR) is 117 cm³/mol. The van der Waals surface area contributed by atoms with Crippen molar-refractivity contribution < 1.29 is 19.1 Å². The highest BCUT2D eigenvalue weighted by Gasteiger charge is 2.25. The molecule has 0 amide bonds. The molecule has 0 radical (unpaired) electrons. The molecule has 3 aromatic carbocycles. The number of cyclic esters (lactones) is 1. The van der Waals surface area contributed by atoms with E-state index in [0.29, 0.717) is 16.9 Å². The number of ether oxygens (including phenoxy) is 2. The van der Waals surface area contributed by atoms with Gasteiger partial charge in [-0.2, -0.15) is 0 Å². The largest absolute Gasteiger partial charge is 0.423 e. The number of esters is 2. The lowest BCUT2D eigenvalue weighted by Crippen LogP contribution is -2.08. The van der Waals surface area contributed by atoms with Gasteiger partial charge in [-0.25, -0.2) is 14.6 Å². The SMILES string of the molecule is Cc1ccc(C(=O)Oc2ccc(/C=C3\N=C(c4ccccc4Br)OC3=O)cc2)cc1. The molecule has 0 atom stereocenters. The Labute approximate surface area is 181 Å². The van der Waals surface area contributed by atoms with E-state index in [1.807, 2.05) is 43.3 Å². The third kappa shape index (κ3) is 4.39. The van der Waals surface area contributed by atoms with Gasteiger partial charge in [0.1, 0.15) is 5.75 Å². The molecule has 0 unspecified atom stereocenters. The Morgan fingerprint density at radius 1 is 1.00 bits per heavy atom. The molecule has 1 aliphatic rings. The van der Waals surface area contributed by atoms with Gasteiger partial charge in [-0.15, -0.1) is 0 Å². The first-order valence-electron chi connectivity index (χ1n) is 9.16. The summed E-state index contributed by atoms with van der Waals surface area (Å²) in [5.74, 6) is -0.282. The van der Waals surface area contributed by atoms with E-state index in [1.165, 1.54) is 0 Å². The second kappa shape index (κ2) is 8.47.